The Bertz CT molecular complexity index is 527. The predicted molar refractivity (Wildman–Crippen MR) is 68.7 cm³/mol. The smallest absolute Gasteiger partial charge is 0.296 e. The van der Waals surface area contributed by atoms with Gasteiger partial charge in [0, 0.05) is 10.5 Å². The summed E-state index contributed by atoms with van der Waals surface area (Å²) in [6.45, 7) is 1.54. The summed E-state index contributed by atoms with van der Waals surface area (Å²) in [4.78, 5) is 0. The average molecular weight is 377 g/mol. The fourth-order valence-electron chi connectivity index (χ4n) is 2.24. The molecule has 1 aromatic carbocycles. The van der Waals surface area contributed by atoms with Crippen molar-refractivity contribution in [3.05, 3.63) is 28.2 Å². The summed E-state index contributed by atoms with van der Waals surface area (Å²) in [6.07, 6.45) is -9.39. The van der Waals surface area contributed by atoms with Gasteiger partial charge >= 0.3 is 12.4 Å². The van der Waals surface area contributed by atoms with E-state index >= 15 is 0 Å². The van der Waals surface area contributed by atoms with E-state index in [0.29, 0.717) is 6.07 Å². The lowest BCUT2D eigenvalue weighted by atomic mass is 10.1. The van der Waals surface area contributed by atoms with Crippen LogP contribution in [0.25, 0.3) is 0 Å². The molecule has 2 unspecified atom stereocenters. The first kappa shape index (κ1) is 16.4. The van der Waals surface area contributed by atoms with Gasteiger partial charge in [-0.25, -0.2) is 5.43 Å². The third-order valence-corrected chi connectivity index (χ3v) is 3.85. The minimum Gasteiger partial charge on any atom is -0.296 e. The molecule has 0 saturated carbocycles. The number of hydrazine groups is 1. The van der Waals surface area contributed by atoms with Gasteiger partial charge in [0.25, 0.3) is 0 Å². The zero-order valence-corrected chi connectivity index (χ0v) is 12.3. The largest absolute Gasteiger partial charge is 0.417 e. The minimum atomic E-state index is -4.64. The SMILES string of the molecule is CC1CC(C(F)(F)F)N(c2ccc(Br)c(C(F)(F)F)c2)N1. The first-order valence-electron chi connectivity index (χ1n) is 5.99. The van der Waals surface area contributed by atoms with E-state index in [4.69, 9.17) is 0 Å². The molecule has 0 spiro atoms. The molecule has 0 radical (unpaired) electrons. The fraction of sp³-hybridized carbons (Fsp3) is 0.500. The van der Waals surface area contributed by atoms with E-state index in [1.54, 1.807) is 6.92 Å². The number of hydrogen-bond acceptors (Lipinski definition) is 2. The van der Waals surface area contributed by atoms with Crippen molar-refractivity contribution in [1.29, 1.82) is 0 Å². The maximum absolute atomic E-state index is 13.0. The number of nitrogens with one attached hydrogen (secondary N) is 1. The topological polar surface area (TPSA) is 15.3 Å². The van der Waals surface area contributed by atoms with Crippen LogP contribution in [0.3, 0.4) is 0 Å². The second-order valence-electron chi connectivity index (χ2n) is 4.86. The van der Waals surface area contributed by atoms with Crippen molar-refractivity contribution < 1.29 is 26.3 Å². The monoisotopic (exact) mass is 376 g/mol. The summed E-state index contributed by atoms with van der Waals surface area (Å²) in [5, 5.41) is 0.756. The Hall–Kier alpha value is -0.960. The van der Waals surface area contributed by atoms with E-state index in [1.807, 2.05) is 0 Å². The Morgan fingerprint density at radius 3 is 2.33 bits per heavy atom. The van der Waals surface area contributed by atoms with Gasteiger partial charge < -0.3 is 0 Å². The number of benzene rings is 1. The molecule has 0 amide bonds. The molecule has 0 aromatic heterocycles. The highest BCUT2D eigenvalue weighted by Gasteiger charge is 2.48. The molecule has 0 aliphatic carbocycles. The van der Waals surface area contributed by atoms with Crippen LogP contribution >= 0.6 is 15.9 Å². The highest BCUT2D eigenvalue weighted by molar-refractivity contribution is 9.10. The summed E-state index contributed by atoms with van der Waals surface area (Å²) in [5.41, 5.74) is 1.37. The second kappa shape index (κ2) is 5.35. The maximum atomic E-state index is 13.0. The molecule has 1 heterocycles. The van der Waals surface area contributed by atoms with Crippen LogP contribution in [0.2, 0.25) is 0 Å². The molecule has 1 fully saturated rings. The molecule has 1 aromatic rings. The lowest BCUT2D eigenvalue weighted by molar-refractivity contribution is -0.146. The summed E-state index contributed by atoms with van der Waals surface area (Å²) in [7, 11) is 0. The first-order valence-corrected chi connectivity index (χ1v) is 6.78. The quantitative estimate of drug-likeness (QED) is 0.725. The van der Waals surface area contributed by atoms with Gasteiger partial charge in [0.1, 0.15) is 6.04 Å². The van der Waals surface area contributed by atoms with Crippen molar-refractivity contribution in [2.75, 3.05) is 5.01 Å². The van der Waals surface area contributed by atoms with E-state index in [0.717, 1.165) is 11.1 Å². The lowest BCUT2D eigenvalue weighted by Gasteiger charge is -2.28. The van der Waals surface area contributed by atoms with Crippen molar-refractivity contribution in [3.63, 3.8) is 0 Å². The van der Waals surface area contributed by atoms with E-state index in [-0.39, 0.29) is 16.6 Å². The van der Waals surface area contributed by atoms with Gasteiger partial charge in [-0.15, -0.1) is 0 Å². The summed E-state index contributed by atoms with van der Waals surface area (Å²) < 4.78 is 77.2. The molecule has 118 valence electrons. The van der Waals surface area contributed by atoms with Crippen molar-refractivity contribution in [2.45, 2.75) is 37.8 Å². The van der Waals surface area contributed by atoms with Crippen LogP contribution < -0.4 is 10.4 Å². The van der Waals surface area contributed by atoms with Gasteiger partial charge in [-0.3, -0.25) is 5.01 Å². The van der Waals surface area contributed by atoms with Crippen LogP contribution in [-0.2, 0) is 6.18 Å². The average Bonchev–Trinajstić information content (AvgIpc) is 2.70. The molecule has 2 rings (SSSR count). The maximum Gasteiger partial charge on any atom is 0.417 e. The second-order valence-corrected chi connectivity index (χ2v) is 5.71. The third-order valence-electron chi connectivity index (χ3n) is 3.16. The van der Waals surface area contributed by atoms with Crippen LogP contribution in [0.15, 0.2) is 22.7 Å². The van der Waals surface area contributed by atoms with Crippen LogP contribution in [0.1, 0.15) is 18.9 Å². The number of halogens is 7. The van der Waals surface area contributed by atoms with Crippen LogP contribution in [0.5, 0.6) is 0 Å². The van der Waals surface area contributed by atoms with Crippen molar-refractivity contribution in [3.8, 4) is 0 Å². The zero-order chi connectivity index (χ0) is 16.0. The van der Waals surface area contributed by atoms with Crippen molar-refractivity contribution >= 4 is 21.6 Å². The molecule has 21 heavy (non-hydrogen) atoms. The Morgan fingerprint density at radius 2 is 1.81 bits per heavy atom. The molecular weight excluding hydrogens is 366 g/mol. The molecule has 2 atom stereocenters. The molecule has 1 saturated heterocycles. The first-order chi connectivity index (χ1) is 9.50. The Morgan fingerprint density at radius 1 is 1.19 bits per heavy atom. The van der Waals surface area contributed by atoms with Gasteiger partial charge in [0.2, 0.25) is 0 Å². The summed E-state index contributed by atoms with van der Waals surface area (Å²) in [5.74, 6) is 0. The fourth-order valence-corrected chi connectivity index (χ4v) is 2.71. The van der Waals surface area contributed by atoms with Gasteiger partial charge in [0.15, 0.2) is 0 Å². The van der Waals surface area contributed by atoms with E-state index < -0.39 is 30.0 Å². The minimum absolute atomic E-state index is 0.169. The molecule has 1 N–H and O–H groups in total. The summed E-state index contributed by atoms with van der Waals surface area (Å²) >= 11 is 2.76. The molecule has 1 aliphatic rings. The van der Waals surface area contributed by atoms with Crippen LogP contribution in [-0.4, -0.2) is 18.3 Å². The Labute approximate surface area is 125 Å². The van der Waals surface area contributed by atoms with E-state index in [9.17, 15) is 26.3 Å². The molecule has 1 aliphatic heterocycles. The van der Waals surface area contributed by atoms with Gasteiger partial charge in [-0.2, -0.15) is 26.3 Å². The number of hydrogen-bond donors (Lipinski definition) is 1. The highest BCUT2D eigenvalue weighted by atomic mass is 79.9. The molecule has 9 heteroatoms. The van der Waals surface area contributed by atoms with Gasteiger partial charge in [-0.05, 0) is 31.5 Å². The standard InChI is InChI=1S/C12H11BrF6N2/c1-6-4-10(12(17,18)19)21(20-6)7-2-3-9(13)8(5-7)11(14,15)16/h2-3,5-6,10,20H,4H2,1H3. The van der Waals surface area contributed by atoms with Gasteiger partial charge in [0.05, 0.1) is 11.3 Å². The number of rotatable bonds is 1. The predicted octanol–water partition coefficient (Wildman–Crippen LogP) is 4.50. The number of anilines is 1. The Balaban J connectivity index is 2.42. The van der Waals surface area contributed by atoms with Crippen LogP contribution in [0, 0.1) is 0 Å². The van der Waals surface area contributed by atoms with Crippen molar-refractivity contribution in [2.24, 2.45) is 0 Å². The molecule has 0 bridgehead atoms. The highest BCUT2D eigenvalue weighted by Crippen LogP contribution is 2.40. The van der Waals surface area contributed by atoms with Crippen LogP contribution in [0.4, 0.5) is 32.0 Å². The summed E-state index contributed by atoms with van der Waals surface area (Å²) in [6, 6.07) is 0.678. The lowest BCUT2D eigenvalue weighted by Crippen LogP contribution is -2.46. The van der Waals surface area contributed by atoms with E-state index in [2.05, 4.69) is 21.4 Å². The normalized spacial score (nSPS) is 23.7. The molecule has 2 nitrogen and oxygen atoms in total. The van der Waals surface area contributed by atoms with Gasteiger partial charge in [-0.1, -0.05) is 15.9 Å². The molecular formula is C12H11BrF6N2. The Kier molecular flexibility index (Phi) is 4.18. The number of alkyl halides is 6. The van der Waals surface area contributed by atoms with Crippen molar-refractivity contribution in [1.82, 2.24) is 5.43 Å². The zero-order valence-electron chi connectivity index (χ0n) is 10.7. The number of nitrogens with zero attached hydrogens (tertiary/aromatic N) is 1. The third kappa shape index (κ3) is 3.45. The van der Waals surface area contributed by atoms with E-state index in [1.165, 1.54) is 6.07 Å².